The molecule has 3 aromatic rings. The topological polar surface area (TPSA) is 56.5 Å². The van der Waals surface area contributed by atoms with Crippen LogP contribution in [0.2, 0.25) is 0 Å². The van der Waals surface area contributed by atoms with Crippen molar-refractivity contribution in [1.29, 1.82) is 0 Å². The lowest BCUT2D eigenvalue weighted by Gasteiger charge is -2.29. The molecule has 21 heavy (non-hydrogen) atoms. The van der Waals surface area contributed by atoms with E-state index in [0.717, 1.165) is 12.1 Å². The zero-order valence-corrected chi connectivity index (χ0v) is 11.9. The lowest BCUT2D eigenvalue weighted by Crippen LogP contribution is -2.31. The minimum absolute atomic E-state index is 0.120. The highest BCUT2D eigenvalue weighted by Gasteiger charge is 2.28. The monoisotopic (exact) mass is 279 g/mol. The van der Waals surface area contributed by atoms with Gasteiger partial charge in [-0.25, -0.2) is 4.68 Å². The van der Waals surface area contributed by atoms with Crippen LogP contribution in [0.4, 0.5) is 0 Å². The van der Waals surface area contributed by atoms with Crippen LogP contribution in [0.15, 0.2) is 61.1 Å². The Hall–Kier alpha value is -2.56. The van der Waals surface area contributed by atoms with Gasteiger partial charge in [0.05, 0.1) is 6.54 Å². The number of pyridine rings is 1. The number of benzene rings is 1. The van der Waals surface area contributed by atoms with Gasteiger partial charge in [0.25, 0.3) is 0 Å². The molecule has 5 heteroatoms. The van der Waals surface area contributed by atoms with Crippen LogP contribution in [-0.2, 0) is 18.4 Å². The fourth-order valence-corrected chi connectivity index (χ4v) is 2.60. The van der Waals surface area contributed by atoms with E-state index in [0.29, 0.717) is 6.54 Å². The number of hydrogen-bond donors (Lipinski definition) is 0. The fourth-order valence-electron chi connectivity index (χ4n) is 2.60. The summed E-state index contributed by atoms with van der Waals surface area (Å²) >= 11 is 0. The Morgan fingerprint density at radius 1 is 1.05 bits per heavy atom. The van der Waals surface area contributed by atoms with Crippen LogP contribution in [0.25, 0.3) is 0 Å². The molecule has 0 amide bonds. The molecule has 0 N–H and O–H groups in total. The molecule has 0 fully saturated rings. The highest BCUT2D eigenvalue weighted by Crippen LogP contribution is 2.29. The Bertz CT molecular complexity index is 666. The summed E-state index contributed by atoms with van der Waals surface area (Å²) < 4.78 is 1.77. The second kappa shape index (κ2) is 5.83. The van der Waals surface area contributed by atoms with Crippen molar-refractivity contribution in [3.05, 3.63) is 72.3 Å². The first-order valence-electron chi connectivity index (χ1n) is 6.92. The first-order chi connectivity index (χ1) is 10.3. The number of hydrogen-bond acceptors (Lipinski definition) is 4. The highest BCUT2D eigenvalue weighted by molar-refractivity contribution is 5.26. The van der Waals surface area contributed by atoms with E-state index in [1.807, 2.05) is 24.4 Å². The van der Waals surface area contributed by atoms with Gasteiger partial charge in [-0.2, -0.15) is 0 Å². The molecule has 0 radical (unpaired) electrons. The van der Waals surface area contributed by atoms with Crippen LogP contribution in [-0.4, -0.2) is 25.2 Å². The third kappa shape index (κ3) is 3.13. The van der Waals surface area contributed by atoms with Crippen LogP contribution in [0.1, 0.15) is 18.2 Å². The van der Waals surface area contributed by atoms with Gasteiger partial charge in [0, 0.05) is 23.7 Å². The van der Waals surface area contributed by atoms with E-state index >= 15 is 0 Å². The van der Waals surface area contributed by atoms with Crippen LogP contribution in [0.3, 0.4) is 0 Å². The Morgan fingerprint density at radius 2 is 1.86 bits per heavy atom. The first kappa shape index (κ1) is 13.4. The van der Waals surface area contributed by atoms with Gasteiger partial charge in [0.1, 0.15) is 6.33 Å². The van der Waals surface area contributed by atoms with Gasteiger partial charge < -0.3 is 0 Å². The second-order valence-electron chi connectivity index (χ2n) is 5.43. The SMILES string of the molecule is CC(Cc1ccccn1)(Cn1cnnn1)c1ccccc1. The van der Waals surface area contributed by atoms with E-state index in [9.17, 15) is 0 Å². The average Bonchev–Trinajstić information content (AvgIpc) is 3.02. The summed E-state index contributed by atoms with van der Waals surface area (Å²) in [4.78, 5) is 4.46. The van der Waals surface area contributed by atoms with E-state index in [4.69, 9.17) is 0 Å². The van der Waals surface area contributed by atoms with Crippen LogP contribution in [0, 0.1) is 0 Å². The van der Waals surface area contributed by atoms with Crippen LogP contribution >= 0.6 is 0 Å². The summed E-state index contributed by atoms with van der Waals surface area (Å²) in [5, 5.41) is 11.5. The Balaban J connectivity index is 1.94. The molecular formula is C16H17N5. The Morgan fingerprint density at radius 3 is 2.52 bits per heavy atom. The molecule has 0 aliphatic carbocycles. The number of nitrogens with zero attached hydrogens (tertiary/aromatic N) is 5. The quantitative estimate of drug-likeness (QED) is 0.719. The van der Waals surface area contributed by atoms with Crippen molar-refractivity contribution in [2.24, 2.45) is 0 Å². The van der Waals surface area contributed by atoms with Crippen molar-refractivity contribution >= 4 is 0 Å². The van der Waals surface area contributed by atoms with Crippen LogP contribution in [0.5, 0.6) is 0 Å². The summed E-state index contributed by atoms with van der Waals surface area (Å²) in [7, 11) is 0. The molecule has 1 unspecified atom stereocenters. The smallest absolute Gasteiger partial charge is 0.138 e. The molecule has 2 aromatic heterocycles. The van der Waals surface area contributed by atoms with Crippen molar-refractivity contribution in [3.63, 3.8) is 0 Å². The predicted molar refractivity (Wildman–Crippen MR) is 79.6 cm³/mol. The fraction of sp³-hybridized carbons (Fsp3) is 0.250. The first-order valence-corrected chi connectivity index (χ1v) is 6.92. The zero-order valence-electron chi connectivity index (χ0n) is 11.9. The lowest BCUT2D eigenvalue weighted by atomic mass is 9.78. The average molecular weight is 279 g/mol. The highest BCUT2D eigenvalue weighted by atomic mass is 15.5. The Kier molecular flexibility index (Phi) is 3.73. The van der Waals surface area contributed by atoms with E-state index < -0.39 is 0 Å². The van der Waals surface area contributed by atoms with Gasteiger partial charge in [-0.1, -0.05) is 43.3 Å². The summed E-state index contributed by atoms with van der Waals surface area (Å²) in [6.07, 6.45) is 4.31. The molecule has 3 rings (SSSR count). The van der Waals surface area contributed by atoms with Gasteiger partial charge in [-0.3, -0.25) is 4.98 Å². The summed E-state index contributed by atoms with van der Waals surface area (Å²) in [6, 6.07) is 16.5. The molecule has 5 nitrogen and oxygen atoms in total. The molecule has 1 atom stereocenters. The van der Waals surface area contributed by atoms with E-state index in [1.165, 1.54) is 5.56 Å². The third-order valence-electron chi connectivity index (χ3n) is 3.67. The Labute approximate surface area is 123 Å². The summed E-state index contributed by atoms with van der Waals surface area (Å²) in [6.45, 7) is 2.93. The molecule has 0 aliphatic heterocycles. The molecule has 0 saturated carbocycles. The van der Waals surface area contributed by atoms with E-state index in [-0.39, 0.29) is 5.41 Å². The van der Waals surface area contributed by atoms with Gasteiger partial charge >= 0.3 is 0 Å². The lowest BCUT2D eigenvalue weighted by molar-refractivity contribution is 0.364. The molecule has 106 valence electrons. The summed E-state index contributed by atoms with van der Waals surface area (Å²) in [5.74, 6) is 0. The zero-order chi connectivity index (χ0) is 14.5. The minimum Gasteiger partial charge on any atom is -0.261 e. The van der Waals surface area contributed by atoms with Crippen molar-refractivity contribution in [2.45, 2.75) is 25.3 Å². The van der Waals surface area contributed by atoms with Gasteiger partial charge in [-0.05, 0) is 28.1 Å². The number of tetrazole rings is 1. The second-order valence-corrected chi connectivity index (χ2v) is 5.43. The molecule has 0 aliphatic rings. The third-order valence-corrected chi connectivity index (χ3v) is 3.67. The van der Waals surface area contributed by atoms with Crippen LogP contribution < -0.4 is 0 Å². The molecule has 0 spiro atoms. The van der Waals surface area contributed by atoms with Crippen molar-refractivity contribution < 1.29 is 0 Å². The maximum atomic E-state index is 4.46. The van der Waals surface area contributed by atoms with Crippen molar-refractivity contribution in [3.8, 4) is 0 Å². The maximum Gasteiger partial charge on any atom is 0.138 e. The minimum atomic E-state index is -0.120. The molecule has 0 saturated heterocycles. The number of aromatic nitrogens is 5. The maximum absolute atomic E-state index is 4.46. The predicted octanol–water partition coefficient (Wildman–Crippen LogP) is 2.27. The molecule has 0 bridgehead atoms. The standard InChI is InChI=1S/C16H17N5/c1-16(12-21-13-18-19-20-21,14-7-3-2-4-8-14)11-15-9-5-6-10-17-15/h2-10,13H,11-12H2,1H3. The van der Waals surface area contributed by atoms with Crippen molar-refractivity contribution in [1.82, 2.24) is 25.2 Å². The molecular weight excluding hydrogens is 262 g/mol. The van der Waals surface area contributed by atoms with E-state index in [2.05, 4.69) is 57.8 Å². The molecule has 1 aromatic carbocycles. The van der Waals surface area contributed by atoms with Gasteiger partial charge in [0.15, 0.2) is 0 Å². The van der Waals surface area contributed by atoms with E-state index in [1.54, 1.807) is 11.0 Å². The van der Waals surface area contributed by atoms with Gasteiger partial charge in [-0.15, -0.1) is 5.10 Å². The van der Waals surface area contributed by atoms with Gasteiger partial charge in [0.2, 0.25) is 0 Å². The summed E-state index contributed by atoms with van der Waals surface area (Å²) in [5.41, 5.74) is 2.20. The normalized spacial score (nSPS) is 13.8. The largest absolute Gasteiger partial charge is 0.261 e. The van der Waals surface area contributed by atoms with Crippen molar-refractivity contribution in [2.75, 3.05) is 0 Å². The molecule has 2 heterocycles. The number of rotatable bonds is 5.